The van der Waals surface area contributed by atoms with Crippen molar-refractivity contribution < 1.29 is 86.6 Å². The number of carbonyl (C=O) groups is 17. The smallest absolute Gasteiger partial charge is 0.247 e. The summed E-state index contributed by atoms with van der Waals surface area (Å²) in [5.41, 5.74) is 19.2. The maximum Gasteiger partial charge on any atom is 0.247 e. The number of halogens is 2. The van der Waals surface area contributed by atoms with E-state index in [9.17, 15) is 86.6 Å². The molecule has 6 aliphatic rings. The molecule has 6 aliphatic heterocycles. The van der Waals surface area contributed by atoms with Crippen molar-refractivity contribution in [3.63, 3.8) is 0 Å². The van der Waals surface area contributed by atoms with Crippen molar-refractivity contribution in [2.24, 2.45) is 38.2 Å². The molecule has 14 atom stereocenters. The Bertz CT molecular complexity index is 6560. The number of amides is 17. The van der Waals surface area contributed by atoms with Crippen LogP contribution in [0.25, 0.3) is 20.4 Å². The molecule has 4 fully saturated rings. The largest absolute Gasteiger partial charge is 0.391 e. The third-order valence-corrected chi connectivity index (χ3v) is 30.8. The highest BCUT2D eigenvalue weighted by Gasteiger charge is 2.49. The van der Waals surface area contributed by atoms with Gasteiger partial charge in [0.2, 0.25) is 100 Å². The third-order valence-electron chi connectivity index (χ3n) is 25.9. The quantitative estimate of drug-likeness (QED) is 0.0660. The molecule has 11 heterocycles. The Morgan fingerprint density at radius 2 is 0.959 bits per heavy atom. The number of nitrogens with one attached hydrogen (secondary N) is 13. The van der Waals surface area contributed by atoms with E-state index in [0.717, 1.165) is 85.9 Å². The fourth-order valence-electron chi connectivity index (χ4n) is 17.8. The lowest BCUT2D eigenvalue weighted by Gasteiger charge is -2.35. The van der Waals surface area contributed by atoms with Crippen molar-refractivity contribution in [1.29, 1.82) is 0 Å². The number of hydrogen-bond acceptors (Lipinski definition) is 29. The minimum absolute atomic E-state index is 0.0590. The van der Waals surface area contributed by atoms with Gasteiger partial charge in [0, 0.05) is 86.8 Å². The maximum absolute atomic E-state index is 14.4. The van der Waals surface area contributed by atoms with Gasteiger partial charge in [0.05, 0.1) is 71.8 Å². The van der Waals surface area contributed by atoms with Crippen molar-refractivity contribution >= 4 is 181 Å². The second kappa shape index (κ2) is 47.6. The molecule has 50 heteroatoms. The Kier molecular flexibility index (Phi) is 35.8. The Morgan fingerprint density at radius 3 is 1.44 bits per heavy atom. The molecule has 0 saturated carbocycles. The number of primary amides is 2. The maximum atomic E-state index is 14.4. The average molecular weight is 2150 g/mol. The highest BCUT2D eigenvalue weighted by Crippen LogP contribution is 2.43. The molecule has 0 bridgehead atoms. The van der Waals surface area contributed by atoms with E-state index in [0.29, 0.717) is 51.2 Å². The highest BCUT2D eigenvalue weighted by atomic mass is 35.5. The fraction of sp³-hybridized carbons (Fsp3) is 0.469. The topological polar surface area (TPSA) is 624 Å². The molecule has 148 heavy (non-hydrogen) atoms. The summed E-state index contributed by atoms with van der Waals surface area (Å²) < 4.78 is 3.74. The van der Waals surface area contributed by atoms with E-state index in [1.165, 1.54) is 34.5 Å². The van der Waals surface area contributed by atoms with E-state index >= 15 is 0 Å². The van der Waals surface area contributed by atoms with E-state index in [1.54, 1.807) is 121 Å². The standard InChI is InChI=1S/C54H63ClN14O10S2.C44H57ClN12O8S2/c1-25-27(3)81-53-42(25)43(29-12-14-32(55)15-13-29)62-35(47-67-66-28(4)69(47)53)19-39(72)57-20-36-49(76)63-34(16-17-38(56)71)48(75)58-22-41(74)64-46(54(5,6)7)52(79)68-23-33(70)18-37(68)50(77)65-44(51(78)59-21-40(73)61-36)30-8-10-31(11-9-30)45-26(2)60-24-80-45;1-20-13-30-41(64)49-22(3)39(62)48-16-32(59)50-28(40(63)52-29(37(46)61)18-66-19-33(60)53-36(44(6,7)8)42(65)56(30)17-20)15-47-31(58)14-27-38-55-54-24(5)57(38)43-34(21(2)23(4)67-43)35(51-27)25-9-11-26(45)12-10-25/h8-15,24,33-37,44,46,70H,16-23H2,1-7H3,(H2,56,71)(H,57,72)(H,58,75)(H,59,78)(H,61,73)(H,63,76)(H,64,74)(H,65,77);9-12,20,22,27-30,36H,13-19H2,1-8H3,(H2,46,61)(H,47,58)(H,48,62)(H,49,64)(H,50,59)(H,52,63)(H,53,60)/t33-,34+,35+,36-,37+,44+,46-;20-,22-,27+,28-,29-,30+,36-/m11/s1. The molecule has 8 aromatic rings. The molecule has 788 valence electrons. The van der Waals surface area contributed by atoms with Gasteiger partial charge < -0.3 is 95.5 Å². The molecule has 17 amide bonds. The number of nitrogens with zero attached hydrogens (tertiary/aromatic N) is 11. The van der Waals surface area contributed by atoms with Gasteiger partial charge in [-0.15, -0.1) is 66.2 Å². The number of thioether (sulfide) groups is 1. The Balaban J connectivity index is 0.000000252. The summed E-state index contributed by atoms with van der Waals surface area (Å²) in [5, 5.41) is 64.8. The van der Waals surface area contributed by atoms with Crippen LogP contribution >= 0.6 is 69.0 Å². The van der Waals surface area contributed by atoms with Gasteiger partial charge in [-0.2, -0.15) is 0 Å². The molecule has 44 nitrogen and oxygen atoms in total. The molecule has 0 aliphatic carbocycles. The van der Waals surface area contributed by atoms with Gasteiger partial charge in [0.15, 0.2) is 11.6 Å². The predicted octanol–water partition coefficient (Wildman–Crippen LogP) is 2.47. The lowest BCUT2D eigenvalue weighted by atomic mass is 9.85. The molecular weight excluding hydrogens is 2030 g/mol. The van der Waals surface area contributed by atoms with Gasteiger partial charge in [-0.05, 0) is 131 Å². The number of aliphatic hydroxyl groups excluding tert-OH is 1. The predicted molar refractivity (Wildman–Crippen MR) is 552 cm³/mol. The van der Waals surface area contributed by atoms with E-state index in [2.05, 4.69) is 94.5 Å². The number of thiophene rings is 2. The SMILES string of the molecule is Cc1ncsc1-c1ccc([C@@H]2NC(=O)[C@@H]3C[C@@H](O)CN3C(=O)[C@H](C(C)(C)C)NC(=O)CNC(=O)[C@H](CCC(N)=O)NC(=O)[C@@H](CNC(=O)C[C@@H]3N=C(c4ccc(Cl)cc4)c4c(sc(C)c4C)-n4c(C)nnc43)NC(=O)CNC2=O)cc1.Cc1sc2c(c1C)C(c1ccc(Cl)cc1)=N[C@@H](CC(=O)NC[C@H]1NC(=O)CNC(=O)[C@@H](C)NC(=O)[C@@H]3C[C@@H](C)CN3C(=O)[C@H](C(C)(C)C)NC(=O)CSC[C@H](C(N)=O)NC1=O)c1nnc(C)n1-2. The van der Waals surface area contributed by atoms with E-state index in [1.807, 2.05) is 74.9 Å². The minimum Gasteiger partial charge on any atom is -0.391 e. The summed E-state index contributed by atoms with van der Waals surface area (Å²) >= 11 is 18.0. The number of aliphatic hydroxyl groups is 1. The van der Waals surface area contributed by atoms with Crippen LogP contribution < -0.4 is 80.6 Å². The first-order valence-electron chi connectivity index (χ1n) is 47.8. The van der Waals surface area contributed by atoms with Gasteiger partial charge in [0.25, 0.3) is 0 Å². The summed E-state index contributed by atoms with van der Waals surface area (Å²) in [7, 11) is 0. The lowest BCUT2D eigenvalue weighted by Crippen LogP contribution is -2.59. The number of thiazole rings is 1. The van der Waals surface area contributed by atoms with Gasteiger partial charge in [0.1, 0.15) is 94.2 Å². The monoisotopic (exact) mass is 2150 g/mol. The fourth-order valence-corrected chi connectivity index (χ4v) is 22.1. The Morgan fingerprint density at radius 1 is 0.507 bits per heavy atom. The van der Waals surface area contributed by atoms with Crippen molar-refractivity contribution in [2.45, 2.75) is 221 Å². The number of carbonyl (C=O) groups excluding carboxylic acids is 17. The molecule has 3 aromatic carbocycles. The lowest BCUT2D eigenvalue weighted by molar-refractivity contribution is -0.144. The zero-order valence-corrected chi connectivity index (χ0v) is 88.8. The Hall–Kier alpha value is -13.8. The van der Waals surface area contributed by atoms with Gasteiger partial charge in [-0.25, -0.2) is 4.98 Å². The van der Waals surface area contributed by atoms with Gasteiger partial charge >= 0.3 is 0 Å². The van der Waals surface area contributed by atoms with Crippen LogP contribution in [0, 0.1) is 65.2 Å². The zero-order chi connectivity index (χ0) is 108. The molecule has 0 radical (unpaired) electrons. The number of nitrogens with two attached hydrogens (primary N) is 2. The first kappa shape index (κ1) is 111. The number of rotatable bonds is 16. The number of aliphatic imine (C=N–C) groups is 2. The molecule has 0 unspecified atom stereocenters. The van der Waals surface area contributed by atoms with Crippen LogP contribution in [-0.2, 0) is 81.5 Å². The number of benzene rings is 3. The zero-order valence-electron chi connectivity index (χ0n) is 84.0. The molecular formula is C98H120Cl2N26O18S4. The molecule has 5 aromatic heterocycles. The summed E-state index contributed by atoms with van der Waals surface area (Å²) in [6.45, 7) is 23.8. The van der Waals surface area contributed by atoms with Crippen LogP contribution in [0.5, 0.6) is 0 Å². The molecule has 0 spiro atoms. The normalized spacial score (nSPS) is 23.5. The Labute approximate surface area is 878 Å². The number of aromatic nitrogens is 7. The average Bonchev–Trinajstić information content (AvgIpc) is 1.59. The summed E-state index contributed by atoms with van der Waals surface area (Å²) in [5.74, 6) is -11.9. The second-order valence-electron chi connectivity index (χ2n) is 39.3. The van der Waals surface area contributed by atoms with Crippen molar-refractivity contribution in [3.05, 3.63) is 166 Å². The number of fused-ring (bicyclic) bond motifs is 8. The summed E-state index contributed by atoms with van der Waals surface area (Å²) in [6.07, 6.45) is -2.44. The minimum atomic E-state index is -1.66. The van der Waals surface area contributed by atoms with Gasteiger partial charge in [-0.3, -0.25) is 101 Å². The summed E-state index contributed by atoms with van der Waals surface area (Å²) in [4.78, 5) is 254. The van der Waals surface area contributed by atoms with Crippen LogP contribution in [0.15, 0.2) is 88.3 Å². The first-order chi connectivity index (χ1) is 69.9. The van der Waals surface area contributed by atoms with Crippen LogP contribution in [0.1, 0.15) is 190 Å². The number of aryl methyl sites for hydroxylation is 5. The number of hydrogen-bond donors (Lipinski definition) is 16. The van der Waals surface area contributed by atoms with Crippen LogP contribution in [0.3, 0.4) is 0 Å². The van der Waals surface area contributed by atoms with Crippen molar-refractivity contribution in [1.82, 2.24) is 113 Å². The molecule has 14 rings (SSSR count). The van der Waals surface area contributed by atoms with Crippen molar-refractivity contribution in [2.75, 3.05) is 57.3 Å². The second-order valence-corrected chi connectivity index (χ2v) is 44.5. The van der Waals surface area contributed by atoms with E-state index in [-0.39, 0.29) is 61.8 Å². The third kappa shape index (κ3) is 26.6. The summed E-state index contributed by atoms with van der Waals surface area (Å²) in [6, 6.07) is 5.88. The van der Waals surface area contributed by atoms with E-state index in [4.69, 9.17) is 44.7 Å². The highest BCUT2D eigenvalue weighted by molar-refractivity contribution is 8.00. The molecule has 4 saturated heterocycles. The van der Waals surface area contributed by atoms with Gasteiger partial charge in [-0.1, -0.05) is 120 Å². The molecule has 18 N–H and O–H groups in total. The van der Waals surface area contributed by atoms with Crippen LogP contribution in [-0.4, -0.2) is 279 Å². The van der Waals surface area contributed by atoms with Crippen LogP contribution in [0.4, 0.5) is 0 Å². The van der Waals surface area contributed by atoms with Crippen LogP contribution in [0.2, 0.25) is 10.0 Å². The van der Waals surface area contributed by atoms with Crippen molar-refractivity contribution in [3.8, 4) is 20.4 Å². The first-order valence-corrected chi connectivity index (χ1v) is 52.3. The van der Waals surface area contributed by atoms with E-state index < -0.39 is 229 Å².